The smallest absolute Gasteiger partial charge is 0.277 e. The van der Waals surface area contributed by atoms with Crippen LogP contribution in [0.25, 0.3) is 0 Å². The van der Waals surface area contributed by atoms with Gasteiger partial charge in [0.25, 0.3) is 11.1 Å². The standard InChI is InChI=1S/C26H26N4O3S/c1-17(20-10-6-4-7-11-20)14-24-27-28-26(33-24)34-16-23(31)22-15-18(2)30(19(22)3)29-25(32)21-12-8-5-9-13-21/h4-13,15,17H,14,16H2,1-3H3,(H,29,32). The summed E-state index contributed by atoms with van der Waals surface area (Å²) in [4.78, 5) is 25.4. The molecular formula is C26H26N4O3S. The first-order valence-corrected chi connectivity index (χ1v) is 12.0. The van der Waals surface area contributed by atoms with E-state index in [0.717, 1.165) is 5.69 Å². The van der Waals surface area contributed by atoms with Crippen molar-refractivity contribution in [3.63, 3.8) is 0 Å². The van der Waals surface area contributed by atoms with Crippen LogP contribution in [0.15, 0.2) is 76.4 Å². The van der Waals surface area contributed by atoms with Gasteiger partial charge in [0.05, 0.1) is 5.75 Å². The number of benzene rings is 2. The van der Waals surface area contributed by atoms with Gasteiger partial charge >= 0.3 is 0 Å². The highest BCUT2D eigenvalue weighted by Crippen LogP contribution is 2.24. The highest BCUT2D eigenvalue weighted by molar-refractivity contribution is 7.99. The van der Waals surface area contributed by atoms with E-state index in [0.29, 0.717) is 34.4 Å². The van der Waals surface area contributed by atoms with Gasteiger partial charge in [0.2, 0.25) is 5.89 Å². The molecule has 0 spiro atoms. The summed E-state index contributed by atoms with van der Waals surface area (Å²) >= 11 is 1.22. The summed E-state index contributed by atoms with van der Waals surface area (Å²) in [6.07, 6.45) is 0.633. The Kier molecular flexibility index (Phi) is 7.27. The number of rotatable bonds is 9. The number of thioether (sulfide) groups is 1. The average molecular weight is 475 g/mol. The first kappa shape index (κ1) is 23.5. The predicted molar refractivity (Wildman–Crippen MR) is 132 cm³/mol. The molecule has 4 aromatic rings. The summed E-state index contributed by atoms with van der Waals surface area (Å²) in [6.45, 7) is 5.77. The van der Waals surface area contributed by atoms with Crippen molar-refractivity contribution in [2.45, 2.75) is 38.3 Å². The number of carbonyl (C=O) groups is 2. The molecule has 1 amide bonds. The Balaban J connectivity index is 1.36. The number of nitrogens with zero attached hydrogens (tertiary/aromatic N) is 3. The van der Waals surface area contributed by atoms with Crippen molar-refractivity contribution in [3.05, 3.63) is 101 Å². The Hall–Kier alpha value is -3.65. The second kappa shape index (κ2) is 10.5. The third-order valence-electron chi connectivity index (χ3n) is 5.61. The minimum absolute atomic E-state index is 0.0734. The summed E-state index contributed by atoms with van der Waals surface area (Å²) in [5.74, 6) is 0.646. The molecule has 0 saturated carbocycles. The maximum absolute atomic E-state index is 12.9. The van der Waals surface area contributed by atoms with Crippen LogP contribution in [-0.4, -0.2) is 32.3 Å². The van der Waals surface area contributed by atoms with Crippen LogP contribution in [0.3, 0.4) is 0 Å². The van der Waals surface area contributed by atoms with Crippen LogP contribution in [0, 0.1) is 13.8 Å². The fourth-order valence-corrected chi connectivity index (χ4v) is 4.38. The van der Waals surface area contributed by atoms with Gasteiger partial charge in [-0.15, -0.1) is 10.2 Å². The molecule has 1 unspecified atom stereocenters. The Morgan fingerprint density at radius 1 is 1.03 bits per heavy atom. The number of hydrogen-bond acceptors (Lipinski definition) is 6. The molecule has 174 valence electrons. The minimum atomic E-state index is -0.237. The van der Waals surface area contributed by atoms with E-state index in [4.69, 9.17) is 4.42 Å². The van der Waals surface area contributed by atoms with Crippen LogP contribution in [0.1, 0.15) is 56.4 Å². The van der Waals surface area contributed by atoms with Crippen LogP contribution in [-0.2, 0) is 6.42 Å². The number of carbonyl (C=O) groups excluding carboxylic acids is 2. The Bertz CT molecular complexity index is 1280. The van der Waals surface area contributed by atoms with Crippen LogP contribution >= 0.6 is 11.8 Å². The third-order valence-corrected chi connectivity index (χ3v) is 6.42. The number of Topliss-reactive ketones (excluding diaryl/α,β-unsaturated/α-hetero) is 1. The molecule has 2 aromatic carbocycles. The highest BCUT2D eigenvalue weighted by Gasteiger charge is 2.19. The molecule has 8 heteroatoms. The van der Waals surface area contributed by atoms with E-state index in [1.807, 2.05) is 50.2 Å². The Labute approximate surface area is 202 Å². The Morgan fingerprint density at radius 3 is 2.41 bits per heavy atom. The number of nitrogens with one attached hydrogen (secondary N) is 1. The van der Waals surface area contributed by atoms with Crippen LogP contribution < -0.4 is 5.43 Å². The third kappa shape index (κ3) is 5.46. The van der Waals surface area contributed by atoms with Gasteiger partial charge in [0.15, 0.2) is 5.78 Å². The molecule has 0 aliphatic carbocycles. The van der Waals surface area contributed by atoms with E-state index in [2.05, 4.69) is 34.7 Å². The number of amides is 1. The topological polar surface area (TPSA) is 90.0 Å². The van der Waals surface area contributed by atoms with Crippen molar-refractivity contribution in [2.75, 3.05) is 11.2 Å². The SMILES string of the molecule is Cc1cc(C(=O)CSc2nnc(CC(C)c3ccccc3)o2)c(C)n1NC(=O)c1ccccc1. The molecule has 0 saturated heterocycles. The van der Waals surface area contributed by atoms with Crippen molar-refractivity contribution in [1.82, 2.24) is 14.9 Å². The number of hydrogen-bond donors (Lipinski definition) is 1. The molecule has 1 N–H and O–H groups in total. The highest BCUT2D eigenvalue weighted by atomic mass is 32.2. The van der Waals surface area contributed by atoms with Gasteiger partial charge in [-0.25, -0.2) is 0 Å². The first-order valence-electron chi connectivity index (χ1n) is 11.0. The van der Waals surface area contributed by atoms with E-state index in [-0.39, 0.29) is 23.4 Å². The maximum Gasteiger partial charge on any atom is 0.277 e. The average Bonchev–Trinajstić information content (AvgIpc) is 3.42. The van der Waals surface area contributed by atoms with Gasteiger partial charge in [0.1, 0.15) is 0 Å². The molecule has 0 radical (unpaired) electrons. The largest absolute Gasteiger partial charge is 0.416 e. The summed E-state index contributed by atoms with van der Waals surface area (Å²) < 4.78 is 7.39. The predicted octanol–water partition coefficient (Wildman–Crippen LogP) is 5.19. The van der Waals surface area contributed by atoms with Crippen LogP contribution in [0.5, 0.6) is 0 Å². The molecule has 0 aliphatic heterocycles. The summed E-state index contributed by atoms with van der Waals surface area (Å²) in [6, 6.07) is 20.9. The van der Waals surface area contributed by atoms with E-state index in [1.54, 1.807) is 22.9 Å². The summed E-state index contributed by atoms with van der Waals surface area (Å²) in [5.41, 5.74) is 6.61. The van der Waals surface area contributed by atoms with Gasteiger partial charge in [-0.2, -0.15) is 0 Å². The second-order valence-corrected chi connectivity index (χ2v) is 9.04. The van der Waals surface area contributed by atoms with Gasteiger partial charge in [-0.05, 0) is 43.5 Å². The fourth-order valence-electron chi connectivity index (χ4n) is 3.72. The van der Waals surface area contributed by atoms with Crippen molar-refractivity contribution < 1.29 is 14.0 Å². The van der Waals surface area contributed by atoms with E-state index in [1.165, 1.54) is 17.3 Å². The first-order chi connectivity index (χ1) is 16.4. The quantitative estimate of drug-likeness (QED) is 0.265. The van der Waals surface area contributed by atoms with Crippen molar-refractivity contribution in [3.8, 4) is 0 Å². The lowest BCUT2D eigenvalue weighted by atomic mass is 9.98. The molecule has 34 heavy (non-hydrogen) atoms. The van der Waals surface area contributed by atoms with E-state index < -0.39 is 0 Å². The van der Waals surface area contributed by atoms with Crippen molar-refractivity contribution in [2.24, 2.45) is 0 Å². The van der Waals surface area contributed by atoms with Gasteiger partial charge < -0.3 is 4.42 Å². The molecule has 0 bridgehead atoms. The van der Waals surface area contributed by atoms with Crippen LogP contribution in [0.4, 0.5) is 0 Å². The summed E-state index contributed by atoms with van der Waals surface area (Å²) in [5, 5.41) is 8.58. The van der Waals surface area contributed by atoms with Crippen LogP contribution in [0.2, 0.25) is 0 Å². The monoisotopic (exact) mass is 474 g/mol. The molecular weight excluding hydrogens is 448 g/mol. The zero-order valence-electron chi connectivity index (χ0n) is 19.3. The lowest BCUT2D eigenvalue weighted by Crippen LogP contribution is -2.25. The van der Waals surface area contributed by atoms with Gasteiger partial charge in [-0.1, -0.05) is 67.2 Å². The maximum atomic E-state index is 12.9. The van der Waals surface area contributed by atoms with E-state index >= 15 is 0 Å². The van der Waals surface area contributed by atoms with Gasteiger partial charge in [-0.3, -0.25) is 19.7 Å². The molecule has 1 atom stereocenters. The normalized spacial score (nSPS) is 11.9. The Morgan fingerprint density at radius 2 is 1.71 bits per heavy atom. The van der Waals surface area contributed by atoms with Crippen molar-refractivity contribution >= 4 is 23.5 Å². The minimum Gasteiger partial charge on any atom is -0.416 e. The number of aromatic nitrogens is 3. The molecule has 4 rings (SSSR count). The molecule has 2 aromatic heterocycles. The van der Waals surface area contributed by atoms with Gasteiger partial charge in [0, 0.05) is 28.9 Å². The lowest BCUT2D eigenvalue weighted by molar-refractivity contribution is 0.0999. The van der Waals surface area contributed by atoms with E-state index in [9.17, 15) is 9.59 Å². The zero-order chi connectivity index (χ0) is 24.1. The molecule has 2 heterocycles. The second-order valence-electron chi connectivity index (χ2n) is 8.12. The number of aryl methyl sites for hydroxylation is 1. The fraction of sp³-hybridized carbons (Fsp3) is 0.231. The van der Waals surface area contributed by atoms with Crippen molar-refractivity contribution in [1.29, 1.82) is 0 Å². The zero-order valence-corrected chi connectivity index (χ0v) is 20.1. The number of ketones is 1. The molecule has 0 aliphatic rings. The lowest BCUT2D eigenvalue weighted by Gasteiger charge is -2.11. The molecule has 0 fully saturated rings. The summed E-state index contributed by atoms with van der Waals surface area (Å²) in [7, 11) is 0. The molecule has 7 nitrogen and oxygen atoms in total.